The number of aliphatic carboxylic acids is 1. The monoisotopic (exact) mass is 251 g/mol. The van der Waals surface area contributed by atoms with Gasteiger partial charge >= 0.3 is 5.97 Å². The number of amides is 1. The molecule has 0 aliphatic carbocycles. The van der Waals surface area contributed by atoms with Gasteiger partial charge in [0, 0.05) is 13.1 Å². The van der Waals surface area contributed by atoms with E-state index in [4.69, 9.17) is 5.11 Å². The minimum atomic E-state index is -3.61. The largest absolute Gasteiger partial charge is 0.481 e. The smallest absolute Gasteiger partial charge is 0.304 e. The number of carboxylic acid groups (broad SMARTS) is 1. The van der Waals surface area contributed by atoms with E-state index in [2.05, 4.69) is 0 Å². The van der Waals surface area contributed by atoms with E-state index in [0.717, 1.165) is 0 Å². The maximum Gasteiger partial charge on any atom is 0.304 e. The van der Waals surface area contributed by atoms with Crippen molar-refractivity contribution in [3.8, 4) is 0 Å². The molecule has 0 aliphatic heterocycles. The van der Waals surface area contributed by atoms with Crippen LogP contribution in [0.15, 0.2) is 0 Å². The molecule has 1 amide bonds. The zero-order valence-corrected chi connectivity index (χ0v) is 10.3. The van der Waals surface area contributed by atoms with Crippen molar-refractivity contribution in [3.63, 3.8) is 0 Å². The highest BCUT2D eigenvalue weighted by Gasteiger charge is 2.20. The molecule has 0 saturated carbocycles. The van der Waals surface area contributed by atoms with Gasteiger partial charge in [-0.1, -0.05) is 0 Å². The van der Waals surface area contributed by atoms with Gasteiger partial charge in [-0.3, -0.25) is 9.59 Å². The predicted molar refractivity (Wildman–Crippen MR) is 58.8 cm³/mol. The number of carbonyl (C=O) groups excluding carboxylic acids is 1. The molecule has 1 N–H and O–H groups in total. The Hall–Kier alpha value is -1.11. The number of hydrogen-bond donors (Lipinski definition) is 1. The molecule has 94 valence electrons. The van der Waals surface area contributed by atoms with Crippen LogP contribution in [-0.2, 0) is 19.4 Å². The second kappa shape index (κ2) is 6.47. The highest BCUT2D eigenvalue weighted by molar-refractivity contribution is 7.92. The van der Waals surface area contributed by atoms with Gasteiger partial charge in [0.25, 0.3) is 0 Å². The van der Waals surface area contributed by atoms with Crippen LogP contribution >= 0.6 is 0 Å². The fourth-order valence-electron chi connectivity index (χ4n) is 1.17. The third kappa shape index (κ3) is 5.69. The molecule has 0 aliphatic rings. The average Bonchev–Trinajstić information content (AvgIpc) is 2.16. The SMILES string of the molecule is CCN(CC)C(=O)CS(=O)(=O)CCC(=O)O. The van der Waals surface area contributed by atoms with Crippen LogP contribution in [0.2, 0.25) is 0 Å². The van der Waals surface area contributed by atoms with Crippen molar-refractivity contribution >= 4 is 21.7 Å². The van der Waals surface area contributed by atoms with Crippen LogP contribution in [0.3, 0.4) is 0 Å². The molecule has 0 rings (SSSR count). The number of rotatable bonds is 7. The van der Waals surface area contributed by atoms with Gasteiger partial charge in [0.05, 0.1) is 12.2 Å². The third-order valence-corrected chi connectivity index (χ3v) is 3.60. The van der Waals surface area contributed by atoms with Crippen LogP contribution in [0.1, 0.15) is 20.3 Å². The minimum absolute atomic E-state index is 0.448. The van der Waals surface area contributed by atoms with Gasteiger partial charge in [0.15, 0.2) is 9.84 Å². The fourth-order valence-corrected chi connectivity index (χ4v) is 2.36. The summed E-state index contributed by atoms with van der Waals surface area (Å²) in [4.78, 5) is 23.1. The Bertz CT molecular complexity index is 345. The first-order valence-electron chi connectivity index (χ1n) is 5.02. The number of carboxylic acids is 1. The summed E-state index contributed by atoms with van der Waals surface area (Å²) in [5.41, 5.74) is 0. The highest BCUT2D eigenvalue weighted by Crippen LogP contribution is 1.98. The predicted octanol–water partition coefficient (Wildman–Crippen LogP) is -0.256. The zero-order chi connectivity index (χ0) is 12.8. The zero-order valence-electron chi connectivity index (χ0n) is 9.47. The summed E-state index contributed by atoms with van der Waals surface area (Å²) in [6.45, 7) is 4.41. The first-order valence-corrected chi connectivity index (χ1v) is 6.84. The molecule has 0 aromatic heterocycles. The van der Waals surface area contributed by atoms with Crippen LogP contribution in [0.4, 0.5) is 0 Å². The molecular weight excluding hydrogens is 234 g/mol. The first kappa shape index (κ1) is 14.9. The second-order valence-electron chi connectivity index (χ2n) is 3.30. The summed E-state index contributed by atoms with van der Waals surface area (Å²) in [6.07, 6.45) is -0.464. The topological polar surface area (TPSA) is 91.8 Å². The molecule has 7 heteroatoms. The van der Waals surface area contributed by atoms with Crippen molar-refractivity contribution in [1.82, 2.24) is 4.90 Å². The molecule has 0 heterocycles. The normalized spacial score (nSPS) is 11.1. The molecule has 0 radical (unpaired) electrons. The van der Waals surface area contributed by atoms with Gasteiger partial charge < -0.3 is 10.0 Å². The molecule has 0 aromatic carbocycles. The molecule has 0 atom stereocenters. The van der Waals surface area contributed by atoms with Gasteiger partial charge in [-0.15, -0.1) is 0 Å². The molecule has 0 unspecified atom stereocenters. The molecule has 0 aromatic rings. The number of sulfone groups is 1. The second-order valence-corrected chi connectivity index (χ2v) is 5.49. The standard InChI is InChI=1S/C9H17NO5S/c1-3-10(4-2)8(11)7-16(14,15)6-5-9(12)13/h3-7H2,1-2H3,(H,12,13). The lowest BCUT2D eigenvalue weighted by molar-refractivity contribution is -0.136. The van der Waals surface area contributed by atoms with Crippen molar-refractivity contribution < 1.29 is 23.1 Å². The molecule has 0 fully saturated rings. The van der Waals surface area contributed by atoms with E-state index in [1.54, 1.807) is 13.8 Å². The molecule has 0 saturated heterocycles. The maximum atomic E-state index is 11.5. The van der Waals surface area contributed by atoms with E-state index >= 15 is 0 Å². The van der Waals surface area contributed by atoms with E-state index in [9.17, 15) is 18.0 Å². The quantitative estimate of drug-likeness (QED) is 0.673. The number of carbonyl (C=O) groups is 2. The Balaban J connectivity index is 4.36. The van der Waals surface area contributed by atoms with Gasteiger partial charge in [-0.2, -0.15) is 0 Å². The lowest BCUT2D eigenvalue weighted by Crippen LogP contribution is -2.36. The van der Waals surface area contributed by atoms with Gasteiger partial charge in [0.2, 0.25) is 5.91 Å². The van der Waals surface area contributed by atoms with Gasteiger partial charge in [-0.25, -0.2) is 8.42 Å². The average molecular weight is 251 g/mol. The molecule has 0 bridgehead atoms. The first-order chi connectivity index (χ1) is 7.32. The van der Waals surface area contributed by atoms with Crippen molar-refractivity contribution in [3.05, 3.63) is 0 Å². The van der Waals surface area contributed by atoms with E-state index in [1.165, 1.54) is 4.90 Å². The fraction of sp³-hybridized carbons (Fsp3) is 0.778. The Kier molecular flexibility index (Phi) is 6.02. The lowest BCUT2D eigenvalue weighted by atomic mass is 10.5. The maximum absolute atomic E-state index is 11.5. The Labute approximate surface area is 95.2 Å². The van der Waals surface area contributed by atoms with Gasteiger partial charge in [-0.05, 0) is 13.8 Å². The van der Waals surface area contributed by atoms with Crippen LogP contribution in [-0.4, -0.2) is 54.9 Å². The Morgan fingerprint density at radius 3 is 2.06 bits per heavy atom. The third-order valence-electron chi connectivity index (χ3n) is 2.09. The van der Waals surface area contributed by atoms with Crippen molar-refractivity contribution in [2.45, 2.75) is 20.3 Å². The number of nitrogens with zero attached hydrogens (tertiary/aromatic N) is 1. The molecule has 6 nitrogen and oxygen atoms in total. The van der Waals surface area contributed by atoms with Gasteiger partial charge in [0.1, 0.15) is 5.75 Å². The molecular formula is C9H17NO5S. The summed E-state index contributed by atoms with van der Waals surface area (Å²) in [5, 5.41) is 8.35. The van der Waals surface area contributed by atoms with Crippen LogP contribution < -0.4 is 0 Å². The van der Waals surface area contributed by atoms with Crippen molar-refractivity contribution in [2.75, 3.05) is 24.6 Å². The molecule has 0 spiro atoms. The number of hydrogen-bond acceptors (Lipinski definition) is 4. The van der Waals surface area contributed by atoms with E-state index < -0.39 is 39.6 Å². The summed E-state index contributed by atoms with van der Waals surface area (Å²) in [5.74, 6) is -2.76. The van der Waals surface area contributed by atoms with Crippen LogP contribution in [0.25, 0.3) is 0 Å². The summed E-state index contributed by atoms with van der Waals surface area (Å²) in [6, 6.07) is 0. The highest BCUT2D eigenvalue weighted by atomic mass is 32.2. The Morgan fingerprint density at radius 2 is 1.69 bits per heavy atom. The molecule has 16 heavy (non-hydrogen) atoms. The summed E-state index contributed by atoms with van der Waals surface area (Å²) in [7, 11) is -3.61. The Morgan fingerprint density at radius 1 is 1.19 bits per heavy atom. The van der Waals surface area contributed by atoms with Crippen LogP contribution in [0.5, 0.6) is 0 Å². The summed E-state index contributed by atoms with van der Waals surface area (Å²) < 4.78 is 22.7. The minimum Gasteiger partial charge on any atom is -0.481 e. The van der Waals surface area contributed by atoms with E-state index in [-0.39, 0.29) is 0 Å². The van der Waals surface area contributed by atoms with Crippen molar-refractivity contribution in [2.24, 2.45) is 0 Å². The van der Waals surface area contributed by atoms with Crippen molar-refractivity contribution in [1.29, 1.82) is 0 Å². The van der Waals surface area contributed by atoms with E-state index in [1.807, 2.05) is 0 Å². The van der Waals surface area contributed by atoms with Crippen LogP contribution in [0, 0.1) is 0 Å². The lowest BCUT2D eigenvalue weighted by Gasteiger charge is -2.18. The van der Waals surface area contributed by atoms with E-state index in [0.29, 0.717) is 13.1 Å². The summed E-state index contributed by atoms with van der Waals surface area (Å²) >= 11 is 0.